The Morgan fingerprint density at radius 2 is 1.66 bits per heavy atom. The number of benzene rings is 2. The van der Waals surface area contributed by atoms with Gasteiger partial charge in [-0.25, -0.2) is 13.4 Å². The zero-order chi connectivity index (χ0) is 25.3. The number of anilines is 3. The van der Waals surface area contributed by atoms with E-state index in [1.807, 2.05) is 43.4 Å². The van der Waals surface area contributed by atoms with E-state index in [0.717, 1.165) is 27.5 Å². The van der Waals surface area contributed by atoms with Crippen LogP contribution in [0.2, 0.25) is 0 Å². The summed E-state index contributed by atoms with van der Waals surface area (Å²) in [6, 6.07) is 23.5. The van der Waals surface area contributed by atoms with Crippen molar-refractivity contribution in [1.29, 1.82) is 0 Å². The molecule has 0 atom stereocenters. The van der Waals surface area contributed by atoms with Crippen molar-refractivity contribution >= 4 is 44.8 Å². The van der Waals surface area contributed by atoms with E-state index < -0.39 is 10.0 Å². The summed E-state index contributed by atoms with van der Waals surface area (Å²) in [5.74, 6) is 0.440. The summed E-state index contributed by atoms with van der Waals surface area (Å²) in [7, 11) is 1.20. The van der Waals surface area contributed by atoms with Crippen LogP contribution in [-0.4, -0.2) is 41.0 Å². The maximum Gasteiger partial charge on any atom is 0.273 e. The van der Waals surface area contributed by atoms with Gasteiger partial charge in [0.2, 0.25) is 12.3 Å². The molecule has 4 rings (SSSR count). The summed E-state index contributed by atoms with van der Waals surface area (Å²) < 4.78 is 32.6. The molecule has 4 aromatic rings. The van der Waals surface area contributed by atoms with Crippen LogP contribution in [0.25, 0.3) is 10.4 Å². The zero-order valence-corrected chi connectivity index (χ0v) is 21.1. The Hall–Kier alpha value is -3.89. The molecule has 2 heterocycles. The molecule has 8 nitrogen and oxygen atoms in total. The molecular formula is C25H26N4O4S2. The lowest BCUT2D eigenvalue weighted by atomic mass is 10.2. The molecule has 35 heavy (non-hydrogen) atoms. The van der Waals surface area contributed by atoms with Crippen LogP contribution in [0.4, 0.5) is 17.1 Å². The normalized spacial score (nSPS) is 10.5. The van der Waals surface area contributed by atoms with Crippen LogP contribution >= 0.6 is 11.3 Å². The molecule has 0 spiro atoms. The number of pyridine rings is 1. The fourth-order valence-electron chi connectivity index (χ4n) is 3.06. The highest BCUT2D eigenvalue weighted by atomic mass is 32.2. The molecular weight excluding hydrogens is 484 g/mol. The third kappa shape index (κ3) is 6.37. The number of hydrogen-bond donors (Lipinski definition) is 2. The zero-order valence-electron chi connectivity index (χ0n) is 19.5. The highest BCUT2D eigenvalue weighted by Gasteiger charge is 2.24. The van der Waals surface area contributed by atoms with Crippen molar-refractivity contribution in [3.63, 3.8) is 0 Å². The Bertz CT molecular complexity index is 1340. The number of aromatic nitrogens is 1. The smallest absolute Gasteiger partial charge is 0.273 e. The number of nitrogens with zero attached hydrogens (tertiary/aromatic N) is 2. The minimum absolute atomic E-state index is 0.209. The quantitative estimate of drug-likeness (QED) is 0.326. The molecule has 0 saturated carbocycles. The number of sulfonamides is 1. The van der Waals surface area contributed by atoms with Crippen molar-refractivity contribution in [3.05, 3.63) is 85.1 Å². The van der Waals surface area contributed by atoms with Crippen molar-refractivity contribution in [3.8, 4) is 16.3 Å². The molecule has 1 amide bonds. The maximum absolute atomic E-state index is 13.0. The minimum Gasteiger partial charge on any atom is -0.481 e. The number of methoxy groups -OCH3 is 1. The van der Waals surface area contributed by atoms with E-state index in [1.54, 1.807) is 48.7 Å². The Balaban J connectivity index is 0.000000363. The third-order valence-electron chi connectivity index (χ3n) is 4.95. The minimum atomic E-state index is -3.72. The van der Waals surface area contributed by atoms with E-state index in [2.05, 4.69) is 15.6 Å². The van der Waals surface area contributed by atoms with Crippen LogP contribution in [0.1, 0.15) is 0 Å². The molecule has 0 aliphatic rings. The van der Waals surface area contributed by atoms with Crippen LogP contribution in [-0.2, 0) is 14.8 Å². The van der Waals surface area contributed by atoms with Crippen LogP contribution < -0.4 is 19.7 Å². The Morgan fingerprint density at radius 1 is 0.943 bits per heavy atom. The number of rotatable bonds is 8. The summed E-state index contributed by atoms with van der Waals surface area (Å²) in [5.41, 5.74) is 2.97. The van der Waals surface area contributed by atoms with E-state index in [-0.39, 0.29) is 4.21 Å². The number of nitrogens with one attached hydrogen (secondary N) is 2. The first-order chi connectivity index (χ1) is 16.9. The number of thiophene rings is 1. The fourth-order valence-corrected chi connectivity index (χ4v) is 5.75. The van der Waals surface area contributed by atoms with Crippen LogP contribution in [0.3, 0.4) is 0 Å². The van der Waals surface area contributed by atoms with Gasteiger partial charge in [-0.05, 0) is 60.7 Å². The van der Waals surface area contributed by atoms with Crippen molar-refractivity contribution in [2.75, 3.05) is 36.1 Å². The van der Waals surface area contributed by atoms with E-state index in [4.69, 9.17) is 4.74 Å². The first kappa shape index (κ1) is 25.7. The molecule has 182 valence electrons. The van der Waals surface area contributed by atoms with Crippen LogP contribution in [0.5, 0.6) is 5.88 Å². The van der Waals surface area contributed by atoms with Gasteiger partial charge in [0.05, 0.1) is 18.4 Å². The first-order valence-electron chi connectivity index (χ1n) is 10.5. The Kier molecular flexibility index (Phi) is 8.82. The molecule has 2 aromatic carbocycles. The SMILES string of the molecule is CNc1ccccc1.COc1ncccc1-c1ccc(S(=O)(=O)N(C)c2ccc(NC=O)cc2)s1. The molecule has 2 N–H and O–H groups in total. The monoisotopic (exact) mass is 510 g/mol. The van der Waals surface area contributed by atoms with Gasteiger partial charge >= 0.3 is 0 Å². The van der Waals surface area contributed by atoms with Crippen molar-refractivity contribution in [1.82, 2.24) is 4.98 Å². The first-order valence-corrected chi connectivity index (χ1v) is 12.8. The van der Waals surface area contributed by atoms with E-state index >= 15 is 0 Å². The number of para-hydroxylation sites is 1. The summed E-state index contributed by atoms with van der Waals surface area (Å²) in [6.07, 6.45) is 2.18. The van der Waals surface area contributed by atoms with Gasteiger partial charge in [-0.2, -0.15) is 0 Å². The summed E-state index contributed by atoms with van der Waals surface area (Å²) in [6.45, 7) is 0. The topological polar surface area (TPSA) is 101 Å². The molecule has 0 aliphatic heterocycles. The van der Waals surface area contributed by atoms with E-state index in [9.17, 15) is 13.2 Å². The average molecular weight is 511 g/mol. The number of carbonyl (C=O) groups is 1. The Labute approximate surface area is 209 Å². The van der Waals surface area contributed by atoms with E-state index in [1.165, 1.54) is 18.5 Å². The van der Waals surface area contributed by atoms with Crippen LogP contribution in [0, 0.1) is 0 Å². The maximum atomic E-state index is 13.0. The number of hydrogen-bond acceptors (Lipinski definition) is 7. The van der Waals surface area contributed by atoms with Gasteiger partial charge in [0.15, 0.2) is 0 Å². The molecule has 0 aliphatic carbocycles. The van der Waals surface area contributed by atoms with Gasteiger partial charge in [-0.1, -0.05) is 18.2 Å². The van der Waals surface area contributed by atoms with Gasteiger partial charge in [0.1, 0.15) is 4.21 Å². The summed E-state index contributed by atoms with van der Waals surface area (Å²) in [4.78, 5) is 15.4. The van der Waals surface area contributed by atoms with Gasteiger partial charge in [-0.15, -0.1) is 11.3 Å². The second-order valence-electron chi connectivity index (χ2n) is 7.08. The number of amides is 1. The third-order valence-corrected chi connectivity index (χ3v) is 8.32. The fraction of sp³-hybridized carbons (Fsp3) is 0.120. The lowest BCUT2D eigenvalue weighted by Crippen LogP contribution is -2.25. The predicted molar refractivity (Wildman–Crippen MR) is 142 cm³/mol. The molecule has 0 fully saturated rings. The molecule has 0 saturated heterocycles. The molecule has 0 radical (unpaired) electrons. The standard InChI is InChI=1S/C18H17N3O4S2.C7H9N/c1-21(14-7-5-13(6-8-14)20-12-22)27(23,24)17-10-9-16(26-17)15-4-3-11-19-18(15)25-2;1-8-7-5-3-2-4-6-7/h3-12H,1-2H3,(H,20,22);2-6,8H,1H3. The average Bonchev–Trinajstić information content (AvgIpc) is 3.41. The molecule has 10 heteroatoms. The lowest BCUT2D eigenvalue weighted by molar-refractivity contribution is -0.105. The highest BCUT2D eigenvalue weighted by Crippen LogP contribution is 2.36. The van der Waals surface area contributed by atoms with Crippen molar-refractivity contribution in [2.45, 2.75) is 4.21 Å². The van der Waals surface area contributed by atoms with Gasteiger partial charge in [-0.3, -0.25) is 9.10 Å². The van der Waals surface area contributed by atoms with Gasteiger partial charge < -0.3 is 15.4 Å². The lowest BCUT2D eigenvalue weighted by Gasteiger charge is -2.18. The predicted octanol–water partition coefficient (Wildman–Crippen LogP) is 4.94. The van der Waals surface area contributed by atoms with E-state index in [0.29, 0.717) is 23.7 Å². The molecule has 0 unspecified atom stereocenters. The second kappa shape index (κ2) is 12.0. The number of carbonyl (C=O) groups excluding carboxylic acids is 1. The number of ether oxygens (including phenoxy) is 1. The molecule has 0 bridgehead atoms. The van der Waals surface area contributed by atoms with Crippen molar-refractivity contribution in [2.24, 2.45) is 0 Å². The largest absolute Gasteiger partial charge is 0.481 e. The van der Waals surface area contributed by atoms with Crippen molar-refractivity contribution < 1.29 is 17.9 Å². The Morgan fingerprint density at radius 3 is 2.26 bits per heavy atom. The van der Waals surface area contributed by atoms with Gasteiger partial charge in [0.25, 0.3) is 10.0 Å². The second-order valence-corrected chi connectivity index (χ2v) is 10.4. The van der Waals surface area contributed by atoms with Gasteiger partial charge in [0, 0.05) is 36.5 Å². The van der Waals surface area contributed by atoms with Crippen LogP contribution in [0.15, 0.2) is 89.3 Å². The highest BCUT2D eigenvalue weighted by molar-refractivity contribution is 7.94. The summed E-state index contributed by atoms with van der Waals surface area (Å²) >= 11 is 1.15. The summed E-state index contributed by atoms with van der Waals surface area (Å²) in [5, 5.41) is 5.54. The molecule has 2 aromatic heterocycles.